The van der Waals surface area contributed by atoms with Gasteiger partial charge in [-0.1, -0.05) is 6.07 Å². The van der Waals surface area contributed by atoms with Crippen LogP contribution in [0.5, 0.6) is 5.75 Å². The maximum Gasteiger partial charge on any atom is 0.139 e. The normalized spacial score (nSPS) is 11.0. The number of hydrogen-bond acceptors (Lipinski definition) is 6. The summed E-state index contributed by atoms with van der Waals surface area (Å²) in [6.07, 6.45) is 6.52. The van der Waals surface area contributed by atoms with Crippen LogP contribution in [0, 0.1) is 0 Å². The number of rotatable bonds is 6. The van der Waals surface area contributed by atoms with Crippen LogP contribution in [-0.4, -0.2) is 33.2 Å². The number of hydrogen-bond donors (Lipinski definition) is 0. The largest absolute Gasteiger partial charge is 0.496 e. The molecule has 0 fully saturated rings. The zero-order valence-corrected chi connectivity index (χ0v) is 13.3. The topological polar surface area (TPSA) is 65.2 Å². The number of benzene rings is 1. The summed E-state index contributed by atoms with van der Waals surface area (Å²) in [5.74, 6) is 1.62. The molecule has 0 amide bonds. The minimum atomic E-state index is 0.769. The van der Waals surface area contributed by atoms with E-state index in [0.29, 0.717) is 0 Å². The third-order valence-corrected chi connectivity index (χ3v) is 4.04. The van der Waals surface area contributed by atoms with E-state index in [4.69, 9.17) is 4.74 Å². The maximum atomic E-state index is 5.43. The summed E-state index contributed by atoms with van der Waals surface area (Å²) in [6.45, 7) is 0. The van der Waals surface area contributed by atoms with Crippen LogP contribution in [-0.2, 0) is 5.75 Å². The van der Waals surface area contributed by atoms with Gasteiger partial charge in [-0.3, -0.25) is 0 Å². The molecule has 2 heterocycles. The fraction of sp³-hybridized carbons (Fsp3) is 0.125. The van der Waals surface area contributed by atoms with Gasteiger partial charge in [0.2, 0.25) is 0 Å². The molecule has 0 aliphatic heterocycles. The Morgan fingerprint density at radius 3 is 3.00 bits per heavy atom. The first kappa shape index (κ1) is 15.2. The van der Waals surface area contributed by atoms with Crippen LogP contribution in [0.25, 0.3) is 0 Å². The minimum Gasteiger partial charge on any atom is -0.496 e. The second-order valence-corrected chi connectivity index (χ2v) is 5.58. The van der Waals surface area contributed by atoms with Crippen LogP contribution >= 0.6 is 11.8 Å². The molecular formula is C16H15N5OS. The van der Waals surface area contributed by atoms with E-state index >= 15 is 0 Å². The first-order chi connectivity index (χ1) is 11.3. The van der Waals surface area contributed by atoms with Crippen LogP contribution in [0.3, 0.4) is 0 Å². The van der Waals surface area contributed by atoms with Gasteiger partial charge in [-0.2, -0.15) is 5.10 Å². The standard InChI is InChI=1S/C16H15N5OS/c1-22-15-6-5-13(9-19-21-12-17-11-20-21)8-14(15)10-23-16-4-2-3-7-18-16/h2-9,11-12H,10H2,1H3/b19-9+. The van der Waals surface area contributed by atoms with E-state index in [1.54, 1.807) is 31.3 Å². The van der Waals surface area contributed by atoms with Crippen LogP contribution in [0.15, 0.2) is 65.4 Å². The molecule has 116 valence electrons. The lowest BCUT2D eigenvalue weighted by Gasteiger charge is -2.09. The lowest BCUT2D eigenvalue weighted by molar-refractivity contribution is 0.411. The number of pyridine rings is 1. The zero-order chi connectivity index (χ0) is 15.9. The van der Waals surface area contributed by atoms with Gasteiger partial charge in [0.1, 0.15) is 18.4 Å². The summed E-state index contributed by atoms with van der Waals surface area (Å²) < 4.78 is 5.43. The molecule has 0 atom stereocenters. The van der Waals surface area contributed by atoms with Gasteiger partial charge < -0.3 is 4.74 Å². The average Bonchev–Trinajstić information content (AvgIpc) is 3.12. The number of ether oxygens (including phenoxy) is 1. The van der Waals surface area contributed by atoms with Crippen molar-refractivity contribution in [3.63, 3.8) is 0 Å². The summed E-state index contributed by atoms with van der Waals surface area (Å²) in [4.78, 5) is 9.58. The number of methoxy groups -OCH3 is 1. The van der Waals surface area contributed by atoms with Crippen molar-refractivity contribution in [1.82, 2.24) is 19.9 Å². The second kappa shape index (κ2) is 7.55. The molecule has 6 nitrogen and oxygen atoms in total. The lowest BCUT2D eigenvalue weighted by Crippen LogP contribution is -1.95. The number of nitrogens with zero attached hydrogens (tertiary/aromatic N) is 5. The smallest absolute Gasteiger partial charge is 0.139 e. The third-order valence-electron chi connectivity index (χ3n) is 3.05. The Kier molecular flexibility index (Phi) is 5.00. The molecule has 1 aromatic carbocycles. The molecule has 0 bridgehead atoms. The van der Waals surface area contributed by atoms with Gasteiger partial charge in [0.05, 0.1) is 18.4 Å². The van der Waals surface area contributed by atoms with E-state index in [0.717, 1.165) is 27.7 Å². The Hall–Kier alpha value is -2.67. The summed E-state index contributed by atoms with van der Waals surface area (Å²) in [5, 5.41) is 9.13. The summed E-state index contributed by atoms with van der Waals surface area (Å²) in [7, 11) is 1.67. The Balaban J connectivity index is 1.76. The monoisotopic (exact) mass is 325 g/mol. The molecule has 3 rings (SSSR count). The van der Waals surface area contributed by atoms with Gasteiger partial charge in [-0.15, -0.1) is 21.7 Å². The molecule has 23 heavy (non-hydrogen) atoms. The molecule has 0 spiro atoms. The predicted molar refractivity (Wildman–Crippen MR) is 89.8 cm³/mol. The van der Waals surface area contributed by atoms with Gasteiger partial charge in [0.25, 0.3) is 0 Å². The first-order valence-electron chi connectivity index (χ1n) is 6.95. The van der Waals surface area contributed by atoms with E-state index in [1.807, 2.05) is 30.3 Å². The molecule has 2 aromatic heterocycles. The number of aromatic nitrogens is 4. The van der Waals surface area contributed by atoms with Crippen LogP contribution in [0.4, 0.5) is 0 Å². The van der Waals surface area contributed by atoms with Gasteiger partial charge in [0.15, 0.2) is 0 Å². The molecule has 0 unspecified atom stereocenters. The van der Waals surface area contributed by atoms with Crippen molar-refractivity contribution >= 4 is 18.0 Å². The molecule has 0 aliphatic carbocycles. The SMILES string of the molecule is COc1ccc(/C=N/n2cncn2)cc1CSc1ccccn1. The fourth-order valence-electron chi connectivity index (χ4n) is 1.96. The van der Waals surface area contributed by atoms with Gasteiger partial charge in [-0.05, 0) is 35.9 Å². The highest BCUT2D eigenvalue weighted by Gasteiger charge is 2.05. The molecule has 0 aliphatic rings. The van der Waals surface area contributed by atoms with E-state index in [9.17, 15) is 0 Å². The van der Waals surface area contributed by atoms with Crippen molar-refractivity contribution < 1.29 is 4.74 Å². The molecule has 7 heteroatoms. The fourth-order valence-corrected chi connectivity index (χ4v) is 2.80. The molecule has 0 N–H and O–H groups in total. The Morgan fingerprint density at radius 2 is 2.26 bits per heavy atom. The minimum absolute atomic E-state index is 0.769. The molecule has 0 saturated heterocycles. The highest BCUT2D eigenvalue weighted by molar-refractivity contribution is 7.98. The Morgan fingerprint density at radius 1 is 1.30 bits per heavy atom. The third kappa shape index (κ3) is 4.17. The molecule has 3 aromatic rings. The van der Waals surface area contributed by atoms with E-state index in [1.165, 1.54) is 17.4 Å². The zero-order valence-electron chi connectivity index (χ0n) is 12.5. The van der Waals surface area contributed by atoms with Gasteiger partial charge in [-0.25, -0.2) is 9.97 Å². The quantitative estimate of drug-likeness (QED) is 0.515. The molecule has 0 saturated carbocycles. The second-order valence-electron chi connectivity index (χ2n) is 4.59. The van der Waals surface area contributed by atoms with E-state index < -0.39 is 0 Å². The van der Waals surface area contributed by atoms with Crippen molar-refractivity contribution in [3.8, 4) is 5.75 Å². The van der Waals surface area contributed by atoms with Crippen LogP contribution < -0.4 is 4.74 Å². The predicted octanol–water partition coefficient (Wildman–Crippen LogP) is 2.86. The summed E-state index contributed by atoms with van der Waals surface area (Å²) in [5.41, 5.74) is 2.06. The van der Waals surface area contributed by atoms with Crippen molar-refractivity contribution in [1.29, 1.82) is 0 Å². The molecular weight excluding hydrogens is 310 g/mol. The number of thioether (sulfide) groups is 1. The van der Waals surface area contributed by atoms with Crippen molar-refractivity contribution in [3.05, 3.63) is 66.4 Å². The highest BCUT2D eigenvalue weighted by Crippen LogP contribution is 2.27. The van der Waals surface area contributed by atoms with Crippen molar-refractivity contribution in [2.75, 3.05) is 7.11 Å². The van der Waals surface area contributed by atoms with E-state index in [2.05, 4.69) is 26.2 Å². The highest BCUT2D eigenvalue weighted by atomic mass is 32.2. The summed E-state index contributed by atoms with van der Waals surface area (Å²) in [6, 6.07) is 11.8. The van der Waals surface area contributed by atoms with Crippen LogP contribution in [0.1, 0.15) is 11.1 Å². The average molecular weight is 325 g/mol. The first-order valence-corrected chi connectivity index (χ1v) is 7.93. The Labute approximate surface area is 138 Å². The summed E-state index contributed by atoms with van der Waals surface area (Å²) >= 11 is 1.66. The van der Waals surface area contributed by atoms with Crippen molar-refractivity contribution in [2.24, 2.45) is 5.10 Å². The lowest BCUT2D eigenvalue weighted by atomic mass is 10.1. The van der Waals surface area contributed by atoms with Crippen molar-refractivity contribution in [2.45, 2.75) is 10.8 Å². The van der Waals surface area contributed by atoms with Crippen LogP contribution in [0.2, 0.25) is 0 Å². The van der Waals surface area contributed by atoms with E-state index in [-0.39, 0.29) is 0 Å². The Bertz CT molecular complexity index is 774. The molecule has 0 radical (unpaired) electrons. The van der Waals surface area contributed by atoms with Gasteiger partial charge >= 0.3 is 0 Å². The maximum absolute atomic E-state index is 5.43. The van der Waals surface area contributed by atoms with Gasteiger partial charge in [0, 0.05) is 17.5 Å².